The zero-order valence-corrected chi connectivity index (χ0v) is 14.0. The highest BCUT2D eigenvalue weighted by molar-refractivity contribution is 5.97. The van der Waals surface area contributed by atoms with Crippen LogP contribution in [-0.2, 0) is 9.53 Å². The number of rotatable bonds is 9. The van der Waals surface area contributed by atoms with Crippen LogP contribution in [0.15, 0.2) is 54.6 Å². The third-order valence-corrected chi connectivity index (χ3v) is 3.64. The van der Waals surface area contributed by atoms with E-state index in [4.69, 9.17) is 9.47 Å². The number of methoxy groups -OCH3 is 1. The van der Waals surface area contributed by atoms with Gasteiger partial charge in [0.15, 0.2) is 0 Å². The van der Waals surface area contributed by atoms with E-state index in [1.54, 1.807) is 55.6 Å². The molecular formula is C19H21NO5. The number of carboxylic acids is 1. The monoisotopic (exact) mass is 343 g/mol. The van der Waals surface area contributed by atoms with Gasteiger partial charge in [0.25, 0.3) is 5.91 Å². The van der Waals surface area contributed by atoms with Crippen LogP contribution in [0, 0.1) is 0 Å². The van der Waals surface area contributed by atoms with E-state index in [1.165, 1.54) is 0 Å². The summed E-state index contributed by atoms with van der Waals surface area (Å²) in [6.07, 6.45) is 0. The number of aliphatic carboxylic acids is 1. The lowest BCUT2D eigenvalue weighted by molar-refractivity contribution is -0.138. The van der Waals surface area contributed by atoms with Crippen molar-refractivity contribution in [1.29, 1.82) is 0 Å². The zero-order chi connectivity index (χ0) is 18.1. The van der Waals surface area contributed by atoms with E-state index < -0.39 is 11.9 Å². The van der Waals surface area contributed by atoms with Crippen LogP contribution in [0.2, 0.25) is 0 Å². The van der Waals surface area contributed by atoms with Gasteiger partial charge in [0.05, 0.1) is 18.1 Å². The van der Waals surface area contributed by atoms with Gasteiger partial charge in [0.1, 0.15) is 12.4 Å². The Labute approximate surface area is 146 Å². The molecule has 0 aliphatic rings. The third kappa shape index (κ3) is 5.32. The third-order valence-electron chi connectivity index (χ3n) is 3.64. The number of carbonyl (C=O) groups excluding carboxylic acids is 1. The van der Waals surface area contributed by atoms with Gasteiger partial charge in [0, 0.05) is 13.7 Å². The fraction of sp³-hybridized carbons (Fsp3) is 0.263. The molecule has 0 aliphatic heterocycles. The topological polar surface area (TPSA) is 84.9 Å². The largest absolute Gasteiger partial charge is 0.490 e. The molecule has 0 bridgehead atoms. The minimum Gasteiger partial charge on any atom is -0.490 e. The van der Waals surface area contributed by atoms with E-state index in [-0.39, 0.29) is 12.5 Å². The predicted molar refractivity (Wildman–Crippen MR) is 93.0 cm³/mol. The maximum absolute atomic E-state index is 12.4. The van der Waals surface area contributed by atoms with Crippen LogP contribution in [0.3, 0.4) is 0 Å². The van der Waals surface area contributed by atoms with Crippen LogP contribution in [0.25, 0.3) is 0 Å². The number of carbonyl (C=O) groups is 2. The molecule has 25 heavy (non-hydrogen) atoms. The van der Waals surface area contributed by atoms with Gasteiger partial charge < -0.3 is 19.9 Å². The second-order valence-electron chi connectivity index (χ2n) is 5.35. The molecule has 2 aromatic rings. The zero-order valence-electron chi connectivity index (χ0n) is 14.0. The number of hydrogen-bond donors (Lipinski definition) is 2. The van der Waals surface area contributed by atoms with Gasteiger partial charge in [-0.1, -0.05) is 42.5 Å². The molecule has 2 rings (SSSR count). The van der Waals surface area contributed by atoms with Crippen LogP contribution < -0.4 is 10.1 Å². The van der Waals surface area contributed by atoms with E-state index in [9.17, 15) is 14.7 Å². The molecule has 0 spiro atoms. The summed E-state index contributed by atoms with van der Waals surface area (Å²) in [5.74, 6) is -1.75. The van der Waals surface area contributed by atoms with Crippen molar-refractivity contribution in [3.8, 4) is 5.75 Å². The summed E-state index contributed by atoms with van der Waals surface area (Å²) in [5.41, 5.74) is 0.996. The van der Waals surface area contributed by atoms with Gasteiger partial charge in [-0.25, -0.2) is 0 Å². The smallest absolute Gasteiger partial charge is 0.312 e. The molecule has 132 valence electrons. The number of benzene rings is 2. The second kappa shape index (κ2) is 9.44. The Hall–Kier alpha value is -2.86. The van der Waals surface area contributed by atoms with Gasteiger partial charge in [0.2, 0.25) is 0 Å². The highest BCUT2D eigenvalue weighted by Crippen LogP contribution is 2.19. The molecule has 0 saturated carbocycles. The number of para-hydroxylation sites is 1. The van der Waals surface area contributed by atoms with Gasteiger partial charge in [-0.15, -0.1) is 0 Å². The Kier molecular flexibility index (Phi) is 6.98. The molecule has 2 aromatic carbocycles. The first-order valence-electron chi connectivity index (χ1n) is 7.90. The van der Waals surface area contributed by atoms with Crippen LogP contribution in [-0.4, -0.2) is 43.9 Å². The summed E-state index contributed by atoms with van der Waals surface area (Å²) >= 11 is 0. The van der Waals surface area contributed by atoms with Crippen molar-refractivity contribution < 1.29 is 24.2 Å². The standard InChI is InChI=1S/C19H21NO5/c1-24-11-12-25-17-10-6-5-9-15(17)18(21)20-13-16(19(22)23)14-7-3-2-4-8-14/h2-10,16H,11-13H2,1H3,(H,20,21)(H,22,23). The van der Waals surface area contributed by atoms with E-state index >= 15 is 0 Å². The van der Waals surface area contributed by atoms with Crippen molar-refractivity contribution in [2.24, 2.45) is 0 Å². The van der Waals surface area contributed by atoms with E-state index in [1.807, 2.05) is 6.07 Å². The van der Waals surface area contributed by atoms with Gasteiger partial charge >= 0.3 is 5.97 Å². The van der Waals surface area contributed by atoms with Gasteiger partial charge in [-0.05, 0) is 17.7 Å². The molecular weight excluding hydrogens is 322 g/mol. The molecule has 0 heterocycles. The molecule has 0 radical (unpaired) electrons. The van der Waals surface area contributed by atoms with Crippen molar-refractivity contribution in [2.45, 2.75) is 5.92 Å². The Morgan fingerprint density at radius 3 is 2.40 bits per heavy atom. The quantitative estimate of drug-likeness (QED) is 0.683. The average Bonchev–Trinajstić information content (AvgIpc) is 2.63. The maximum Gasteiger partial charge on any atom is 0.312 e. The van der Waals surface area contributed by atoms with E-state index in [0.717, 1.165) is 0 Å². The predicted octanol–water partition coefficient (Wildman–Crippen LogP) is 2.31. The van der Waals surface area contributed by atoms with Crippen LogP contribution in [0.1, 0.15) is 21.8 Å². The molecule has 6 nitrogen and oxygen atoms in total. The van der Waals surface area contributed by atoms with Crippen molar-refractivity contribution in [3.63, 3.8) is 0 Å². The Bertz CT molecular complexity index is 702. The fourth-order valence-corrected chi connectivity index (χ4v) is 2.34. The minimum atomic E-state index is -0.990. The van der Waals surface area contributed by atoms with Crippen LogP contribution in [0.5, 0.6) is 5.75 Å². The highest BCUT2D eigenvalue weighted by Gasteiger charge is 2.21. The molecule has 6 heteroatoms. The van der Waals surface area contributed by atoms with E-state index in [2.05, 4.69) is 5.32 Å². The number of ether oxygens (including phenoxy) is 2. The molecule has 1 unspecified atom stereocenters. The lowest BCUT2D eigenvalue weighted by Gasteiger charge is -2.15. The average molecular weight is 343 g/mol. The molecule has 1 atom stereocenters. The maximum atomic E-state index is 12.4. The Balaban J connectivity index is 2.05. The first-order chi connectivity index (χ1) is 12.1. The SMILES string of the molecule is COCCOc1ccccc1C(=O)NCC(C(=O)O)c1ccccc1. The van der Waals surface area contributed by atoms with Crippen LogP contribution >= 0.6 is 0 Å². The highest BCUT2D eigenvalue weighted by atomic mass is 16.5. The summed E-state index contributed by atoms with van der Waals surface area (Å²) in [7, 11) is 1.57. The summed E-state index contributed by atoms with van der Waals surface area (Å²) in [6.45, 7) is 0.720. The lowest BCUT2D eigenvalue weighted by Crippen LogP contribution is -2.32. The Morgan fingerprint density at radius 1 is 1.04 bits per heavy atom. The van der Waals surface area contributed by atoms with E-state index in [0.29, 0.717) is 30.1 Å². The van der Waals surface area contributed by atoms with Gasteiger partial charge in [-0.2, -0.15) is 0 Å². The van der Waals surface area contributed by atoms with Crippen LogP contribution in [0.4, 0.5) is 0 Å². The Morgan fingerprint density at radius 2 is 1.72 bits per heavy atom. The normalized spacial score (nSPS) is 11.6. The molecule has 0 aromatic heterocycles. The first kappa shape index (κ1) is 18.5. The molecule has 0 aliphatic carbocycles. The summed E-state index contributed by atoms with van der Waals surface area (Å²) < 4.78 is 10.5. The first-order valence-corrected chi connectivity index (χ1v) is 7.90. The molecule has 1 amide bonds. The molecule has 0 saturated heterocycles. The molecule has 2 N–H and O–H groups in total. The minimum absolute atomic E-state index is 0.00934. The summed E-state index contributed by atoms with van der Waals surface area (Å²) in [5, 5.41) is 12.1. The summed E-state index contributed by atoms with van der Waals surface area (Å²) in [6, 6.07) is 15.6. The lowest BCUT2D eigenvalue weighted by atomic mass is 9.99. The molecule has 0 fully saturated rings. The number of nitrogens with one attached hydrogen (secondary N) is 1. The van der Waals surface area contributed by atoms with Gasteiger partial charge in [-0.3, -0.25) is 9.59 Å². The number of carboxylic acid groups (broad SMARTS) is 1. The summed E-state index contributed by atoms with van der Waals surface area (Å²) in [4.78, 5) is 23.9. The van der Waals surface area contributed by atoms with Crippen molar-refractivity contribution in [1.82, 2.24) is 5.32 Å². The number of amides is 1. The number of hydrogen-bond acceptors (Lipinski definition) is 4. The second-order valence-corrected chi connectivity index (χ2v) is 5.35. The van der Waals surface area contributed by atoms with Crippen molar-refractivity contribution >= 4 is 11.9 Å². The van der Waals surface area contributed by atoms with Crippen molar-refractivity contribution in [2.75, 3.05) is 26.9 Å². The fourth-order valence-electron chi connectivity index (χ4n) is 2.34. The van der Waals surface area contributed by atoms with Crippen molar-refractivity contribution in [3.05, 3.63) is 65.7 Å².